The molecule has 2 heteroatoms. The lowest BCUT2D eigenvalue weighted by Crippen LogP contribution is -2.18. The van der Waals surface area contributed by atoms with Gasteiger partial charge in [-0.25, -0.2) is 0 Å². The Morgan fingerprint density at radius 3 is 2.04 bits per heavy atom. The van der Waals surface area contributed by atoms with Crippen LogP contribution in [0.15, 0.2) is 73.1 Å². The van der Waals surface area contributed by atoms with E-state index in [2.05, 4.69) is 70.5 Å². The fourth-order valence-electron chi connectivity index (χ4n) is 3.42. The quantitative estimate of drug-likeness (QED) is 0.673. The third-order valence-corrected chi connectivity index (χ3v) is 4.73. The Morgan fingerprint density at radius 2 is 1.33 bits per heavy atom. The molecule has 0 aliphatic carbocycles. The highest BCUT2D eigenvalue weighted by atomic mass is 15.1. The molecule has 0 unspecified atom stereocenters. The predicted octanol–water partition coefficient (Wildman–Crippen LogP) is 5.01. The van der Waals surface area contributed by atoms with Crippen molar-refractivity contribution in [3.8, 4) is 22.3 Å². The molecule has 1 saturated heterocycles. The molecular weight excluding hydrogens is 292 g/mol. The first kappa shape index (κ1) is 15.1. The zero-order chi connectivity index (χ0) is 16.2. The maximum Gasteiger partial charge on any atom is 0.0346 e. The van der Waals surface area contributed by atoms with Crippen molar-refractivity contribution in [2.45, 2.75) is 19.4 Å². The third-order valence-electron chi connectivity index (χ3n) is 4.73. The number of nitrogens with zero attached hydrogens (tertiary/aromatic N) is 2. The predicted molar refractivity (Wildman–Crippen MR) is 99.6 cm³/mol. The largest absolute Gasteiger partial charge is 0.299 e. The van der Waals surface area contributed by atoms with Crippen LogP contribution in [0.25, 0.3) is 22.3 Å². The number of rotatable bonds is 4. The van der Waals surface area contributed by atoms with Gasteiger partial charge in [0, 0.05) is 24.5 Å². The van der Waals surface area contributed by atoms with Gasteiger partial charge < -0.3 is 0 Å². The van der Waals surface area contributed by atoms with Gasteiger partial charge in [0.2, 0.25) is 0 Å². The Morgan fingerprint density at radius 1 is 0.708 bits per heavy atom. The van der Waals surface area contributed by atoms with Crippen LogP contribution in [0.1, 0.15) is 18.4 Å². The summed E-state index contributed by atoms with van der Waals surface area (Å²) in [6.07, 6.45) is 6.62. The first-order chi connectivity index (χ1) is 11.9. The number of hydrogen-bond acceptors (Lipinski definition) is 2. The Labute approximate surface area is 143 Å². The molecule has 0 atom stereocenters. The van der Waals surface area contributed by atoms with Gasteiger partial charge in [-0.1, -0.05) is 54.6 Å². The van der Waals surface area contributed by atoms with E-state index in [0.717, 1.165) is 6.54 Å². The zero-order valence-corrected chi connectivity index (χ0v) is 13.9. The number of likely N-dealkylation sites (tertiary alicyclic amines) is 1. The van der Waals surface area contributed by atoms with E-state index >= 15 is 0 Å². The minimum atomic E-state index is 1.02. The topological polar surface area (TPSA) is 16.1 Å². The van der Waals surface area contributed by atoms with Crippen LogP contribution < -0.4 is 0 Å². The molecule has 1 aliphatic heterocycles. The molecule has 24 heavy (non-hydrogen) atoms. The molecule has 3 aromatic rings. The number of pyridine rings is 1. The van der Waals surface area contributed by atoms with Crippen LogP contribution >= 0.6 is 0 Å². The Kier molecular flexibility index (Phi) is 4.39. The van der Waals surface area contributed by atoms with E-state index in [1.807, 2.05) is 12.4 Å². The average molecular weight is 314 g/mol. The van der Waals surface area contributed by atoms with Crippen molar-refractivity contribution in [3.63, 3.8) is 0 Å². The molecular formula is C22H22N2. The van der Waals surface area contributed by atoms with Gasteiger partial charge in [-0.2, -0.15) is 0 Å². The highest BCUT2D eigenvalue weighted by molar-refractivity contribution is 5.70. The van der Waals surface area contributed by atoms with Gasteiger partial charge in [0.05, 0.1) is 0 Å². The molecule has 1 fully saturated rings. The molecule has 2 aromatic carbocycles. The van der Waals surface area contributed by atoms with E-state index in [9.17, 15) is 0 Å². The SMILES string of the molecule is c1ccc(-c2ccc(-c3cncc(CN4CCCC4)c3)cc2)cc1. The minimum absolute atomic E-state index is 1.02. The summed E-state index contributed by atoms with van der Waals surface area (Å²) in [6.45, 7) is 3.45. The number of aromatic nitrogens is 1. The molecule has 0 saturated carbocycles. The molecule has 4 rings (SSSR count). The lowest BCUT2D eigenvalue weighted by atomic mass is 10.0. The van der Waals surface area contributed by atoms with Crippen LogP contribution in [0.5, 0.6) is 0 Å². The molecule has 0 spiro atoms. The van der Waals surface area contributed by atoms with E-state index in [1.54, 1.807) is 0 Å². The van der Waals surface area contributed by atoms with E-state index in [4.69, 9.17) is 0 Å². The molecule has 0 radical (unpaired) electrons. The Hall–Kier alpha value is -2.45. The van der Waals surface area contributed by atoms with Gasteiger partial charge in [-0.15, -0.1) is 0 Å². The lowest BCUT2D eigenvalue weighted by molar-refractivity contribution is 0.331. The van der Waals surface area contributed by atoms with Crippen molar-refractivity contribution < 1.29 is 0 Å². The van der Waals surface area contributed by atoms with Crippen molar-refractivity contribution >= 4 is 0 Å². The summed E-state index contributed by atoms with van der Waals surface area (Å²) in [5.41, 5.74) is 6.24. The normalized spacial score (nSPS) is 14.8. The van der Waals surface area contributed by atoms with Crippen molar-refractivity contribution in [2.75, 3.05) is 13.1 Å². The summed E-state index contributed by atoms with van der Waals surface area (Å²) < 4.78 is 0. The molecule has 0 N–H and O–H groups in total. The second-order valence-electron chi connectivity index (χ2n) is 6.51. The van der Waals surface area contributed by atoms with Gasteiger partial charge in [-0.3, -0.25) is 9.88 Å². The summed E-state index contributed by atoms with van der Waals surface area (Å²) in [4.78, 5) is 6.97. The van der Waals surface area contributed by atoms with E-state index in [0.29, 0.717) is 0 Å². The van der Waals surface area contributed by atoms with Crippen molar-refractivity contribution in [1.82, 2.24) is 9.88 Å². The second kappa shape index (κ2) is 6.98. The standard InChI is InChI=1S/C22H22N2/c1-2-6-19(7-3-1)20-8-10-21(11-9-20)22-14-18(15-23-16-22)17-24-12-4-5-13-24/h1-3,6-11,14-16H,4-5,12-13,17H2. The summed E-state index contributed by atoms with van der Waals surface area (Å²) in [6, 6.07) is 21.6. The minimum Gasteiger partial charge on any atom is -0.299 e. The Balaban J connectivity index is 1.55. The molecule has 2 heterocycles. The van der Waals surface area contributed by atoms with Crippen LogP contribution in [-0.4, -0.2) is 23.0 Å². The number of benzene rings is 2. The van der Waals surface area contributed by atoms with E-state index in [1.165, 1.54) is 53.7 Å². The van der Waals surface area contributed by atoms with Crippen LogP contribution in [0, 0.1) is 0 Å². The van der Waals surface area contributed by atoms with Crippen LogP contribution in [0.2, 0.25) is 0 Å². The van der Waals surface area contributed by atoms with Gasteiger partial charge in [0.1, 0.15) is 0 Å². The monoisotopic (exact) mass is 314 g/mol. The van der Waals surface area contributed by atoms with Gasteiger partial charge in [0.25, 0.3) is 0 Å². The average Bonchev–Trinajstić information content (AvgIpc) is 3.16. The summed E-state index contributed by atoms with van der Waals surface area (Å²) in [5, 5.41) is 0. The molecule has 1 aliphatic rings. The molecule has 1 aromatic heterocycles. The number of hydrogen-bond donors (Lipinski definition) is 0. The lowest BCUT2D eigenvalue weighted by Gasteiger charge is -2.14. The third kappa shape index (κ3) is 3.39. The molecule has 2 nitrogen and oxygen atoms in total. The highest BCUT2D eigenvalue weighted by Gasteiger charge is 2.12. The maximum absolute atomic E-state index is 4.46. The van der Waals surface area contributed by atoms with Crippen LogP contribution in [0.3, 0.4) is 0 Å². The summed E-state index contributed by atoms with van der Waals surface area (Å²) in [7, 11) is 0. The molecule has 0 bridgehead atoms. The van der Waals surface area contributed by atoms with Crippen LogP contribution in [-0.2, 0) is 6.54 Å². The molecule has 0 amide bonds. The second-order valence-corrected chi connectivity index (χ2v) is 6.51. The van der Waals surface area contributed by atoms with Crippen LogP contribution in [0.4, 0.5) is 0 Å². The smallest absolute Gasteiger partial charge is 0.0346 e. The summed E-state index contributed by atoms with van der Waals surface area (Å²) in [5.74, 6) is 0. The van der Waals surface area contributed by atoms with E-state index < -0.39 is 0 Å². The Bertz CT molecular complexity index is 788. The van der Waals surface area contributed by atoms with E-state index in [-0.39, 0.29) is 0 Å². The summed E-state index contributed by atoms with van der Waals surface area (Å²) >= 11 is 0. The molecule has 120 valence electrons. The highest BCUT2D eigenvalue weighted by Crippen LogP contribution is 2.25. The van der Waals surface area contributed by atoms with Gasteiger partial charge in [-0.05, 0) is 54.3 Å². The first-order valence-electron chi connectivity index (χ1n) is 8.71. The van der Waals surface area contributed by atoms with Crippen molar-refractivity contribution in [1.29, 1.82) is 0 Å². The van der Waals surface area contributed by atoms with Crippen molar-refractivity contribution in [3.05, 3.63) is 78.6 Å². The maximum atomic E-state index is 4.46. The fraction of sp³-hybridized carbons (Fsp3) is 0.227. The zero-order valence-electron chi connectivity index (χ0n) is 13.9. The first-order valence-corrected chi connectivity index (χ1v) is 8.71. The fourth-order valence-corrected chi connectivity index (χ4v) is 3.42. The van der Waals surface area contributed by atoms with Gasteiger partial charge >= 0.3 is 0 Å². The van der Waals surface area contributed by atoms with Crippen molar-refractivity contribution in [2.24, 2.45) is 0 Å². The van der Waals surface area contributed by atoms with Gasteiger partial charge in [0.15, 0.2) is 0 Å².